The van der Waals surface area contributed by atoms with E-state index in [0.29, 0.717) is 29.2 Å². The number of hydrogen-bond acceptors (Lipinski definition) is 5. The zero-order valence-electron chi connectivity index (χ0n) is 13.0. The zero-order chi connectivity index (χ0) is 16.1. The lowest BCUT2D eigenvalue weighted by molar-refractivity contribution is 0.415. The van der Waals surface area contributed by atoms with Gasteiger partial charge in [0.2, 0.25) is 0 Å². The quantitative estimate of drug-likeness (QED) is 0.396. The SMILES string of the molecule is COc1ccc(NC(N)=NCc2nnc(C(C)C)s2)cc1Cl.I. The normalized spacial score (nSPS) is 11.3. The van der Waals surface area contributed by atoms with E-state index in [1.807, 2.05) is 6.07 Å². The van der Waals surface area contributed by atoms with Crippen molar-refractivity contribution < 1.29 is 4.74 Å². The maximum Gasteiger partial charge on any atom is 0.193 e. The van der Waals surface area contributed by atoms with E-state index in [4.69, 9.17) is 22.1 Å². The van der Waals surface area contributed by atoms with E-state index in [2.05, 4.69) is 34.4 Å². The summed E-state index contributed by atoms with van der Waals surface area (Å²) in [5, 5.41) is 13.5. The molecule has 0 bridgehead atoms. The molecule has 0 radical (unpaired) electrons. The van der Waals surface area contributed by atoms with Gasteiger partial charge in [0.1, 0.15) is 15.8 Å². The fourth-order valence-electron chi connectivity index (χ4n) is 1.65. The lowest BCUT2D eigenvalue weighted by Gasteiger charge is -2.08. The van der Waals surface area contributed by atoms with Crippen molar-refractivity contribution in [2.75, 3.05) is 12.4 Å². The van der Waals surface area contributed by atoms with Crippen LogP contribution in [0.3, 0.4) is 0 Å². The van der Waals surface area contributed by atoms with Crippen LogP contribution in [-0.4, -0.2) is 23.3 Å². The van der Waals surface area contributed by atoms with Crippen LogP contribution in [0.1, 0.15) is 29.8 Å². The summed E-state index contributed by atoms with van der Waals surface area (Å²) in [4.78, 5) is 4.25. The summed E-state index contributed by atoms with van der Waals surface area (Å²) in [6.45, 7) is 4.56. The van der Waals surface area contributed by atoms with E-state index >= 15 is 0 Å². The molecule has 2 rings (SSSR count). The third-order valence-electron chi connectivity index (χ3n) is 2.79. The highest BCUT2D eigenvalue weighted by atomic mass is 127. The Hall–Kier alpha value is -1.13. The number of guanidine groups is 1. The molecule has 23 heavy (non-hydrogen) atoms. The first-order valence-electron chi connectivity index (χ1n) is 6.72. The molecule has 1 heterocycles. The Kier molecular flexibility index (Phi) is 8.00. The van der Waals surface area contributed by atoms with E-state index in [0.717, 1.165) is 15.7 Å². The van der Waals surface area contributed by atoms with Crippen molar-refractivity contribution in [3.63, 3.8) is 0 Å². The number of methoxy groups -OCH3 is 1. The van der Waals surface area contributed by atoms with Crippen molar-refractivity contribution >= 4 is 58.6 Å². The van der Waals surface area contributed by atoms with Crippen LogP contribution in [0.15, 0.2) is 23.2 Å². The lowest BCUT2D eigenvalue weighted by Crippen LogP contribution is -2.22. The topological polar surface area (TPSA) is 85.4 Å². The van der Waals surface area contributed by atoms with E-state index in [-0.39, 0.29) is 24.0 Å². The number of benzene rings is 1. The van der Waals surface area contributed by atoms with Crippen molar-refractivity contribution in [1.82, 2.24) is 10.2 Å². The summed E-state index contributed by atoms with van der Waals surface area (Å²) in [5.74, 6) is 1.27. The molecule has 0 fully saturated rings. The van der Waals surface area contributed by atoms with E-state index in [1.165, 1.54) is 0 Å². The molecule has 1 aromatic heterocycles. The molecule has 3 N–H and O–H groups in total. The molecule has 6 nitrogen and oxygen atoms in total. The Bertz CT molecular complexity index is 677. The first kappa shape index (κ1) is 19.9. The maximum absolute atomic E-state index is 6.06. The van der Waals surface area contributed by atoms with Crippen LogP contribution in [0.2, 0.25) is 5.02 Å². The van der Waals surface area contributed by atoms with Gasteiger partial charge in [-0.15, -0.1) is 34.2 Å². The van der Waals surface area contributed by atoms with Gasteiger partial charge in [-0.2, -0.15) is 0 Å². The Morgan fingerprint density at radius 3 is 2.74 bits per heavy atom. The van der Waals surface area contributed by atoms with E-state index in [9.17, 15) is 0 Å². The molecule has 0 unspecified atom stereocenters. The number of rotatable bonds is 5. The predicted molar refractivity (Wildman–Crippen MR) is 106 cm³/mol. The Balaban J connectivity index is 0.00000264. The van der Waals surface area contributed by atoms with Crippen molar-refractivity contribution in [2.45, 2.75) is 26.3 Å². The molecule has 0 aliphatic rings. The molecule has 9 heteroatoms. The first-order chi connectivity index (χ1) is 10.5. The first-order valence-corrected chi connectivity index (χ1v) is 7.91. The smallest absolute Gasteiger partial charge is 0.193 e. The lowest BCUT2D eigenvalue weighted by atomic mass is 10.2. The second-order valence-electron chi connectivity index (χ2n) is 4.86. The van der Waals surface area contributed by atoms with Gasteiger partial charge in [-0.1, -0.05) is 36.8 Å². The Morgan fingerprint density at radius 1 is 1.43 bits per heavy atom. The van der Waals surface area contributed by atoms with Crippen LogP contribution < -0.4 is 15.8 Å². The van der Waals surface area contributed by atoms with Crippen LogP contribution in [0.25, 0.3) is 0 Å². The van der Waals surface area contributed by atoms with Gasteiger partial charge in [-0.3, -0.25) is 0 Å². The van der Waals surface area contributed by atoms with Gasteiger partial charge in [0.15, 0.2) is 5.96 Å². The Labute approximate surface area is 161 Å². The van der Waals surface area contributed by atoms with Crippen molar-refractivity contribution in [3.05, 3.63) is 33.2 Å². The molecule has 0 saturated carbocycles. The van der Waals surface area contributed by atoms with Crippen LogP contribution >= 0.6 is 46.9 Å². The number of anilines is 1. The highest BCUT2D eigenvalue weighted by Gasteiger charge is 2.07. The summed E-state index contributed by atoms with van der Waals surface area (Å²) >= 11 is 7.60. The molecule has 2 aromatic rings. The Morgan fingerprint density at radius 2 is 2.17 bits per heavy atom. The summed E-state index contributed by atoms with van der Waals surface area (Å²) in [6.07, 6.45) is 0. The standard InChI is InChI=1S/C14H18ClN5OS.HI/c1-8(2)13-20-19-12(22-13)7-17-14(16)18-9-4-5-11(21-3)10(15)6-9;/h4-6,8H,7H2,1-3H3,(H3,16,17,18);1H. The average molecular weight is 468 g/mol. The number of nitrogens with two attached hydrogens (primary N) is 1. The molecule has 0 atom stereocenters. The van der Waals surface area contributed by atoms with Crippen molar-refractivity contribution in [1.29, 1.82) is 0 Å². The number of halogens is 2. The van der Waals surface area contributed by atoms with Gasteiger partial charge in [-0.05, 0) is 18.2 Å². The number of aliphatic imine (C=N–C) groups is 1. The van der Waals surface area contributed by atoms with Gasteiger partial charge in [-0.25, -0.2) is 4.99 Å². The van der Waals surface area contributed by atoms with E-state index < -0.39 is 0 Å². The number of aromatic nitrogens is 2. The fraction of sp³-hybridized carbons (Fsp3) is 0.357. The highest BCUT2D eigenvalue weighted by molar-refractivity contribution is 14.0. The summed E-state index contributed by atoms with van der Waals surface area (Å²) < 4.78 is 5.10. The minimum Gasteiger partial charge on any atom is -0.495 e. The molecule has 0 aliphatic heterocycles. The molecule has 1 aromatic carbocycles. The molecular weight excluding hydrogens is 449 g/mol. The minimum atomic E-state index is 0. The summed E-state index contributed by atoms with van der Waals surface area (Å²) in [7, 11) is 1.57. The number of ether oxygens (including phenoxy) is 1. The second kappa shape index (κ2) is 9.24. The largest absolute Gasteiger partial charge is 0.495 e. The maximum atomic E-state index is 6.06. The number of hydrogen-bond donors (Lipinski definition) is 2. The minimum absolute atomic E-state index is 0. The molecular formula is C14H19ClIN5OS. The average Bonchev–Trinajstić information content (AvgIpc) is 2.94. The fourth-order valence-corrected chi connectivity index (χ4v) is 2.68. The van der Waals surface area contributed by atoms with Crippen molar-refractivity contribution in [2.24, 2.45) is 10.7 Å². The van der Waals surface area contributed by atoms with Gasteiger partial charge < -0.3 is 15.8 Å². The number of nitrogens with one attached hydrogen (secondary N) is 1. The van der Waals surface area contributed by atoms with Crippen molar-refractivity contribution in [3.8, 4) is 5.75 Å². The summed E-state index contributed by atoms with van der Waals surface area (Å²) in [6, 6.07) is 5.30. The van der Waals surface area contributed by atoms with Gasteiger partial charge in [0.05, 0.1) is 18.7 Å². The highest BCUT2D eigenvalue weighted by Crippen LogP contribution is 2.27. The third kappa shape index (κ3) is 5.78. The monoisotopic (exact) mass is 467 g/mol. The van der Waals surface area contributed by atoms with Gasteiger partial charge in [0, 0.05) is 11.6 Å². The van der Waals surface area contributed by atoms with Crippen LogP contribution in [0.5, 0.6) is 5.75 Å². The van der Waals surface area contributed by atoms with Gasteiger partial charge in [0.25, 0.3) is 0 Å². The zero-order valence-corrected chi connectivity index (χ0v) is 16.9. The molecule has 0 aliphatic carbocycles. The molecule has 0 saturated heterocycles. The van der Waals surface area contributed by atoms with Crippen LogP contribution in [-0.2, 0) is 6.54 Å². The summed E-state index contributed by atoms with van der Waals surface area (Å²) in [5.41, 5.74) is 6.60. The van der Waals surface area contributed by atoms with E-state index in [1.54, 1.807) is 30.6 Å². The van der Waals surface area contributed by atoms with Gasteiger partial charge >= 0.3 is 0 Å². The van der Waals surface area contributed by atoms with Crippen LogP contribution in [0.4, 0.5) is 5.69 Å². The molecule has 0 spiro atoms. The second-order valence-corrected chi connectivity index (χ2v) is 6.37. The van der Waals surface area contributed by atoms with Crippen LogP contribution in [0, 0.1) is 0 Å². The number of nitrogens with zero attached hydrogens (tertiary/aromatic N) is 3. The molecule has 126 valence electrons. The third-order valence-corrected chi connectivity index (χ3v) is 4.29. The molecule has 0 amide bonds. The predicted octanol–water partition coefficient (Wildman–Crippen LogP) is 3.87.